The van der Waals surface area contributed by atoms with Gasteiger partial charge in [0.1, 0.15) is 5.75 Å². The molecule has 1 fully saturated rings. The fourth-order valence-corrected chi connectivity index (χ4v) is 4.56. The van der Waals surface area contributed by atoms with E-state index < -0.39 is 21.8 Å². The minimum absolute atomic E-state index is 0.00272. The number of hydrogen-bond acceptors (Lipinski definition) is 6. The van der Waals surface area contributed by atoms with Crippen molar-refractivity contribution < 1.29 is 27.5 Å². The molecule has 166 valence electrons. The predicted molar refractivity (Wildman–Crippen MR) is 115 cm³/mol. The van der Waals surface area contributed by atoms with Gasteiger partial charge in [0.15, 0.2) is 0 Å². The second kappa shape index (κ2) is 10.1. The van der Waals surface area contributed by atoms with Crippen LogP contribution in [0.1, 0.15) is 16.8 Å². The van der Waals surface area contributed by atoms with Crippen molar-refractivity contribution in [3.8, 4) is 5.75 Å². The maximum Gasteiger partial charge on any atom is 0.257 e. The number of carbonyl (C=O) groups is 2. The van der Waals surface area contributed by atoms with Crippen molar-refractivity contribution in [2.75, 3.05) is 38.2 Å². The molecule has 1 saturated heterocycles. The molecule has 1 aliphatic rings. The number of nitrogens with zero attached hydrogens (tertiary/aromatic N) is 1. The maximum atomic E-state index is 12.9. The third-order valence-electron chi connectivity index (χ3n) is 4.53. The Bertz CT molecular complexity index is 1070. The molecule has 11 heteroatoms. The Morgan fingerprint density at radius 1 is 1.16 bits per heavy atom. The molecule has 0 saturated carbocycles. The number of rotatable bonds is 8. The standard InChI is InChI=1S/C20H22ClN3O6S/c21-16-6-5-14(31(27,28)24-8-11-29-12-9-24)13-15(16)20(26)23-17-3-1-2-4-18(17)30-10-7-19(22)25/h1-6,13H,7-12H2,(H2,22,25)(H,23,26). The zero-order valence-electron chi connectivity index (χ0n) is 16.5. The molecule has 31 heavy (non-hydrogen) atoms. The van der Waals surface area contributed by atoms with Crippen LogP contribution in [0.2, 0.25) is 5.02 Å². The molecule has 0 atom stereocenters. The number of anilines is 1. The topological polar surface area (TPSA) is 128 Å². The summed E-state index contributed by atoms with van der Waals surface area (Å²) in [5.41, 5.74) is 5.45. The van der Waals surface area contributed by atoms with Crippen LogP contribution in [0.5, 0.6) is 5.75 Å². The Kier molecular flexibility index (Phi) is 7.50. The molecule has 1 heterocycles. The van der Waals surface area contributed by atoms with Gasteiger partial charge < -0.3 is 20.5 Å². The molecular weight excluding hydrogens is 446 g/mol. The van der Waals surface area contributed by atoms with Gasteiger partial charge in [-0.05, 0) is 30.3 Å². The average Bonchev–Trinajstić information content (AvgIpc) is 2.75. The van der Waals surface area contributed by atoms with Gasteiger partial charge in [0, 0.05) is 13.1 Å². The van der Waals surface area contributed by atoms with Gasteiger partial charge in [-0.1, -0.05) is 23.7 Å². The van der Waals surface area contributed by atoms with E-state index in [2.05, 4.69) is 5.32 Å². The number of primary amides is 1. The van der Waals surface area contributed by atoms with Crippen molar-refractivity contribution in [3.63, 3.8) is 0 Å². The van der Waals surface area contributed by atoms with E-state index in [-0.39, 0.29) is 41.6 Å². The van der Waals surface area contributed by atoms with Crippen molar-refractivity contribution >= 4 is 39.1 Å². The maximum absolute atomic E-state index is 12.9. The highest BCUT2D eigenvalue weighted by Gasteiger charge is 2.27. The summed E-state index contributed by atoms with van der Waals surface area (Å²) in [7, 11) is -3.79. The summed E-state index contributed by atoms with van der Waals surface area (Å²) in [6.07, 6.45) is 0.0234. The van der Waals surface area contributed by atoms with Crippen LogP contribution in [-0.4, -0.2) is 57.4 Å². The molecule has 9 nitrogen and oxygen atoms in total. The first kappa shape index (κ1) is 23.0. The van der Waals surface area contributed by atoms with Gasteiger partial charge in [-0.15, -0.1) is 0 Å². The number of nitrogens with one attached hydrogen (secondary N) is 1. The molecular formula is C20H22ClN3O6S. The highest BCUT2D eigenvalue weighted by Crippen LogP contribution is 2.28. The molecule has 0 bridgehead atoms. The van der Waals surface area contributed by atoms with E-state index in [0.717, 1.165) is 0 Å². The molecule has 0 spiro atoms. The van der Waals surface area contributed by atoms with E-state index in [1.165, 1.54) is 22.5 Å². The van der Waals surface area contributed by atoms with Gasteiger partial charge in [-0.25, -0.2) is 8.42 Å². The van der Waals surface area contributed by atoms with Crippen LogP contribution in [0.4, 0.5) is 5.69 Å². The molecule has 0 unspecified atom stereocenters. The van der Waals surface area contributed by atoms with E-state index in [1.54, 1.807) is 24.3 Å². The first-order valence-corrected chi connectivity index (χ1v) is 11.3. The summed E-state index contributed by atoms with van der Waals surface area (Å²) < 4.78 is 37.8. The molecule has 3 rings (SSSR count). The van der Waals surface area contributed by atoms with Crippen LogP contribution in [0.3, 0.4) is 0 Å². The molecule has 0 aliphatic carbocycles. The number of morpholine rings is 1. The second-order valence-corrected chi connectivity index (χ2v) is 9.02. The van der Waals surface area contributed by atoms with Crippen LogP contribution in [0.15, 0.2) is 47.4 Å². The van der Waals surface area contributed by atoms with Gasteiger partial charge in [0.2, 0.25) is 15.9 Å². The smallest absolute Gasteiger partial charge is 0.257 e. The summed E-state index contributed by atoms with van der Waals surface area (Å²) in [6.45, 7) is 1.15. The third-order valence-corrected chi connectivity index (χ3v) is 6.76. The Morgan fingerprint density at radius 3 is 2.58 bits per heavy atom. The zero-order valence-corrected chi connectivity index (χ0v) is 18.1. The number of para-hydroxylation sites is 2. The normalized spacial score (nSPS) is 14.7. The average molecular weight is 468 g/mol. The molecule has 3 N–H and O–H groups in total. The summed E-state index contributed by atoms with van der Waals surface area (Å²) in [5, 5.41) is 2.77. The largest absolute Gasteiger partial charge is 0.491 e. The number of halogens is 1. The summed E-state index contributed by atoms with van der Waals surface area (Å²) in [4.78, 5) is 23.7. The Labute approximate surface area is 185 Å². The SMILES string of the molecule is NC(=O)CCOc1ccccc1NC(=O)c1cc(S(=O)(=O)N2CCOCC2)ccc1Cl. The van der Waals surface area contributed by atoms with E-state index in [9.17, 15) is 18.0 Å². The van der Waals surface area contributed by atoms with Crippen molar-refractivity contribution in [2.24, 2.45) is 5.73 Å². The summed E-state index contributed by atoms with van der Waals surface area (Å²) in [6, 6.07) is 10.6. The lowest BCUT2D eigenvalue weighted by Crippen LogP contribution is -2.40. The van der Waals surface area contributed by atoms with Crippen LogP contribution >= 0.6 is 11.6 Å². The number of nitrogens with two attached hydrogens (primary N) is 1. The lowest BCUT2D eigenvalue weighted by molar-refractivity contribution is -0.118. The van der Waals surface area contributed by atoms with E-state index >= 15 is 0 Å². The van der Waals surface area contributed by atoms with Crippen molar-refractivity contribution in [1.82, 2.24) is 4.31 Å². The number of sulfonamides is 1. The van der Waals surface area contributed by atoms with Gasteiger partial charge in [-0.2, -0.15) is 4.31 Å². The van der Waals surface area contributed by atoms with E-state index in [0.29, 0.717) is 24.7 Å². The fraction of sp³-hybridized carbons (Fsp3) is 0.300. The predicted octanol–water partition coefficient (Wildman–Crippen LogP) is 1.87. The fourth-order valence-electron chi connectivity index (χ4n) is 2.92. The molecule has 2 aromatic carbocycles. The second-order valence-electron chi connectivity index (χ2n) is 6.67. The van der Waals surface area contributed by atoms with Crippen LogP contribution in [0, 0.1) is 0 Å². The Balaban J connectivity index is 1.81. The van der Waals surface area contributed by atoms with Gasteiger partial charge in [0.05, 0.1) is 47.4 Å². The summed E-state index contributed by atoms with van der Waals surface area (Å²) in [5.74, 6) is -0.771. The molecule has 2 amide bonds. The van der Waals surface area contributed by atoms with Gasteiger partial charge >= 0.3 is 0 Å². The van der Waals surface area contributed by atoms with E-state index in [1.807, 2.05) is 0 Å². The Hall–Kier alpha value is -2.66. The summed E-state index contributed by atoms with van der Waals surface area (Å²) >= 11 is 6.18. The van der Waals surface area contributed by atoms with Crippen molar-refractivity contribution in [3.05, 3.63) is 53.1 Å². The first-order chi connectivity index (χ1) is 14.8. The number of benzene rings is 2. The lowest BCUT2D eigenvalue weighted by Gasteiger charge is -2.26. The van der Waals surface area contributed by atoms with Crippen molar-refractivity contribution in [2.45, 2.75) is 11.3 Å². The number of amides is 2. The molecule has 1 aliphatic heterocycles. The Morgan fingerprint density at radius 2 is 1.87 bits per heavy atom. The number of hydrogen-bond donors (Lipinski definition) is 2. The first-order valence-electron chi connectivity index (χ1n) is 9.48. The van der Waals surface area contributed by atoms with E-state index in [4.69, 9.17) is 26.8 Å². The van der Waals surface area contributed by atoms with Crippen LogP contribution < -0.4 is 15.8 Å². The minimum atomic E-state index is -3.79. The van der Waals surface area contributed by atoms with Crippen LogP contribution in [-0.2, 0) is 19.6 Å². The van der Waals surface area contributed by atoms with Gasteiger partial charge in [0.25, 0.3) is 5.91 Å². The molecule has 0 aromatic heterocycles. The number of ether oxygens (including phenoxy) is 2. The van der Waals surface area contributed by atoms with Crippen LogP contribution in [0.25, 0.3) is 0 Å². The zero-order chi connectivity index (χ0) is 22.4. The monoisotopic (exact) mass is 467 g/mol. The third kappa shape index (κ3) is 5.73. The quantitative estimate of drug-likeness (QED) is 0.609. The molecule has 2 aromatic rings. The minimum Gasteiger partial charge on any atom is -0.491 e. The van der Waals surface area contributed by atoms with Crippen molar-refractivity contribution in [1.29, 1.82) is 0 Å². The highest BCUT2D eigenvalue weighted by molar-refractivity contribution is 7.89. The lowest BCUT2D eigenvalue weighted by atomic mass is 10.2. The highest BCUT2D eigenvalue weighted by atomic mass is 35.5. The molecule has 0 radical (unpaired) electrons. The number of carbonyl (C=O) groups excluding carboxylic acids is 2. The van der Waals surface area contributed by atoms with Gasteiger partial charge in [-0.3, -0.25) is 9.59 Å².